The molecule has 0 amide bonds. The molecular weight excluding hydrogens is 323 g/mol. The fraction of sp³-hybridized carbons (Fsp3) is 0.167. The molecule has 0 aliphatic heterocycles. The molecule has 4 nitrogen and oxygen atoms in total. The van der Waals surface area contributed by atoms with E-state index in [2.05, 4.69) is 27.8 Å². The van der Waals surface area contributed by atoms with Crippen LogP contribution in [0.4, 0.5) is 4.39 Å². The molecule has 0 saturated carbocycles. The van der Waals surface area contributed by atoms with Crippen molar-refractivity contribution in [3.05, 3.63) is 59.9 Å². The number of thioether (sulfide) groups is 1. The van der Waals surface area contributed by atoms with Crippen molar-refractivity contribution in [1.82, 2.24) is 19.7 Å². The first-order chi connectivity index (χ1) is 11.8. The molecule has 0 unspecified atom stereocenters. The van der Waals surface area contributed by atoms with Gasteiger partial charge in [-0.3, -0.25) is 0 Å². The van der Waals surface area contributed by atoms with Crippen molar-refractivity contribution in [2.75, 3.05) is 0 Å². The minimum absolute atomic E-state index is 0.226. The number of fused-ring (bicyclic) bond motifs is 3. The summed E-state index contributed by atoms with van der Waals surface area (Å²) >= 11 is 1.50. The Kier molecular flexibility index (Phi) is 3.90. The molecule has 0 fully saturated rings. The number of aryl methyl sites for hydroxylation is 1. The van der Waals surface area contributed by atoms with Crippen LogP contribution in [0.3, 0.4) is 0 Å². The number of nitrogens with zero attached hydrogens (tertiary/aromatic N) is 4. The average Bonchev–Trinajstić information content (AvgIpc) is 2.94. The van der Waals surface area contributed by atoms with Gasteiger partial charge in [-0.05, 0) is 30.7 Å². The van der Waals surface area contributed by atoms with Crippen LogP contribution in [0.2, 0.25) is 0 Å². The lowest BCUT2D eigenvalue weighted by Crippen LogP contribution is -1.98. The van der Waals surface area contributed by atoms with Gasteiger partial charge in [0.1, 0.15) is 11.3 Å². The third kappa shape index (κ3) is 2.63. The predicted molar refractivity (Wildman–Crippen MR) is 94.5 cm³/mol. The molecule has 0 saturated heterocycles. The summed E-state index contributed by atoms with van der Waals surface area (Å²) in [6, 6.07) is 14.6. The summed E-state index contributed by atoms with van der Waals surface area (Å²) in [6.45, 7) is 2.92. The van der Waals surface area contributed by atoms with Crippen molar-refractivity contribution in [2.24, 2.45) is 0 Å². The highest BCUT2D eigenvalue weighted by Gasteiger charge is 2.13. The van der Waals surface area contributed by atoms with Gasteiger partial charge in [-0.15, -0.1) is 10.2 Å². The number of hydrogen-bond acceptors (Lipinski definition) is 4. The Bertz CT molecular complexity index is 1010. The molecule has 2 heterocycles. The first-order valence-corrected chi connectivity index (χ1v) is 8.73. The Hall–Kier alpha value is -2.47. The number of rotatable bonds is 4. The van der Waals surface area contributed by atoms with Gasteiger partial charge in [-0.25, -0.2) is 9.37 Å². The standard InChI is InChI=1S/C18H15FN4S/c1-2-23-15-6-4-3-5-14(15)16-17(23)20-18(22-21-16)24-11-12-7-9-13(19)10-8-12/h3-10H,2,11H2,1H3. The Morgan fingerprint density at radius 1 is 1.04 bits per heavy atom. The fourth-order valence-corrected chi connectivity index (χ4v) is 3.54. The summed E-state index contributed by atoms with van der Waals surface area (Å²) in [4.78, 5) is 4.69. The van der Waals surface area contributed by atoms with Gasteiger partial charge in [-0.2, -0.15) is 0 Å². The lowest BCUT2D eigenvalue weighted by Gasteiger charge is -2.03. The molecule has 120 valence electrons. The Labute approximate surface area is 142 Å². The summed E-state index contributed by atoms with van der Waals surface area (Å²) in [7, 11) is 0. The molecule has 0 aliphatic carbocycles. The third-order valence-electron chi connectivity index (χ3n) is 3.95. The van der Waals surface area contributed by atoms with Crippen molar-refractivity contribution < 1.29 is 4.39 Å². The van der Waals surface area contributed by atoms with E-state index in [1.807, 2.05) is 18.2 Å². The lowest BCUT2D eigenvalue weighted by atomic mass is 10.2. The van der Waals surface area contributed by atoms with E-state index in [1.54, 1.807) is 12.1 Å². The van der Waals surface area contributed by atoms with Crippen LogP contribution in [0, 0.1) is 5.82 Å². The highest BCUT2D eigenvalue weighted by molar-refractivity contribution is 7.98. The third-order valence-corrected chi connectivity index (χ3v) is 4.86. The van der Waals surface area contributed by atoms with E-state index in [4.69, 9.17) is 4.98 Å². The highest BCUT2D eigenvalue weighted by Crippen LogP contribution is 2.27. The second-order valence-electron chi connectivity index (χ2n) is 5.44. The quantitative estimate of drug-likeness (QED) is 0.516. The predicted octanol–water partition coefficient (Wildman–Crippen LogP) is 4.43. The summed E-state index contributed by atoms with van der Waals surface area (Å²) in [6.07, 6.45) is 0. The van der Waals surface area contributed by atoms with E-state index in [9.17, 15) is 4.39 Å². The molecule has 2 aromatic carbocycles. The Balaban J connectivity index is 1.70. The molecule has 24 heavy (non-hydrogen) atoms. The second-order valence-corrected chi connectivity index (χ2v) is 6.39. The summed E-state index contributed by atoms with van der Waals surface area (Å²) in [5.74, 6) is 0.454. The number of halogens is 1. The van der Waals surface area contributed by atoms with E-state index < -0.39 is 0 Å². The van der Waals surface area contributed by atoms with Gasteiger partial charge in [0.25, 0.3) is 0 Å². The monoisotopic (exact) mass is 338 g/mol. The largest absolute Gasteiger partial charge is 0.324 e. The Morgan fingerprint density at radius 3 is 2.62 bits per heavy atom. The van der Waals surface area contributed by atoms with Crippen LogP contribution >= 0.6 is 11.8 Å². The number of para-hydroxylation sites is 1. The van der Waals surface area contributed by atoms with Crippen molar-refractivity contribution >= 4 is 33.8 Å². The summed E-state index contributed by atoms with van der Waals surface area (Å²) in [5.41, 5.74) is 3.84. The van der Waals surface area contributed by atoms with Crippen molar-refractivity contribution in [2.45, 2.75) is 24.4 Å². The zero-order valence-corrected chi connectivity index (χ0v) is 13.9. The molecule has 4 aromatic rings. The van der Waals surface area contributed by atoms with Crippen molar-refractivity contribution in [3.63, 3.8) is 0 Å². The average molecular weight is 338 g/mol. The maximum absolute atomic E-state index is 13.0. The molecule has 0 spiro atoms. The molecular formula is C18H15FN4S. The van der Waals surface area contributed by atoms with Crippen LogP contribution in [0.5, 0.6) is 0 Å². The summed E-state index contributed by atoms with van der Waals surface area (Å²) in [5, 5.41) is 10.3. The van der Waals surface area contributed by atoms with Crippen LogP contribution in [-0.2, 0) is 12.3 Å². The first-order valence-electron chi connectivity index (χ1n) is 7.75. The maximum Gasteiger partial charge on any atom is 0.211 e. The van der Waals surface area contributed by atoms with E-state index in [0.29, 0.717) is 10.9 Å². The topological polar surface area (TPSA) is 43.6 Å². The molecule has 0 aliphatic rings. The van der Waals surface area contributed by atoms with Gasteiger partial charge in [0, 0.05) is 17.7 Å². The molecule has 0 radical (unpaired) electrons. The molecule has 0 N–H and O–H groups in total. The van der Waals surface area contributed by atoms with Gasteiger partial charge in [0.05, 0.1) is 5.52 Å². The molecule has 6 heteroatoms. The van der Waals surface area contributed by atoms with Gasteiger partial charge in [-0.1, -0.05) is 42.1 Å². The smallest absolute Gasteiger partial charge is 0.211 e. The number of aromatic nitrogens is 4. The fourth-order valence-electron chi connectivity index (χ4n) is 2.80. The SMILES string of the molecule is CCn1c2ccccc2c2nnc(SCc3ccc(F)cc3)nc21. The van der Waals surface area contributed by atoms with E-state index in [0.717, 1.165) is 34.2 Å². The highest BCUT2D eigenvalue weighted by atomic mass is 32.2. The number of benzene rings is 2. The molecule has 4 rings (SSSR count). The molecule has 0 bridgehead atoms. The lowest BCUT2D eigenvalue weighted by molar-refractivity contribution is 0.627. The first kappa shape index (κ1) is 15.1. The van der Waals surface area contributed by atoms with E-state index in [1.165, 1.54) is 23.9 Å². The van der Waals surface area contributed by atoms with Crippen LogP contribution in [-0.4, -0.2) is 19.7 Å². The Morgan fingerprint density at radius 2 is 1.83 bits per heavy atom. The van der Waals surface area contributed by atoms with Crippen molar-refractivity contribution in [3.8, 4) is 0 Å². The van der Waals surface area contributed by atoms with Gasteiger partial charge < -0.3 is 4.57 Å². The van der Waals surface area contributed by atoms with Crippen LogP contribution in [0.1, 0.15) is 12.5 Å². The minimum atomic E-state index is -0.226. The molecule has 0 atom stereocenters. The van der Waals surface area contributed by atoms with Crippen molar-refractivity contribution in [1.29, 1.82) is 0 Å². The zero-order valence-electron chi connectivity index (χ0n) is 13.1. The normalized spacial score (nSPS) is 11.4. The second kappa shape index (κ2) is 6.20. The summed E-state index contributed by atoms with van der Waals surface area (Å²) < 4.78 is 15.1. The van der Waals surface area contributed by atoms with Gasteiger partial charge >= 0.3 is 0 Å². The van der Waals surface area contributed by atoms with Crippen LogP contribution < -0.4 is 0 Å². The van der Waals surface area contributed by atoms with Crippen LogP contribution in [0.25, 0.3) is 22.1 Å². The molecule has 2 aromatic heterocycles. The minimum Gasteiger partial charge on any atom is -0.324 e. The number of hydrogen-bond donors (Lipinski definition) is 0. The van der Waals surface area contributed by atoms with Gasteiger partial charge in [0.2, 0.25) is 5.16 Å². The van der Waals surface area contributed by atoms with Gasteiger partial charge in [0.15, 0.2) is 5.65 Å². The van der Waals surface area contributed by atoms with E-state index >= 15 is 0 Å². The van der Waals surface area contributed by atoms with E-state index in [-0.39, 0.29) is 5.82 Å². The zero-order chi connectivity index (χ0) is 16.5. The maximum atomic E-state index is 13.0. The van der Waals surface area contributed by atoms with Crippen LogP contribution in [0.15, 0.2) is 53.7 Å².